The molecule has 1 aromatic heterocycles. The van der Waals surface area contributed by atoms with Gasteiger partial charge in [-0.25, -0.2) is 4.68 Å². The first-order valence-corrected chi connectivity index (χ1v) is 11.5. The molecule has 0 saturated heterocycles. The lowest BCUT2D eigenvalue weighted by molar-refractivity contribution is -0.104. The first kappa shape index (κ1) is 19.3. The highest BCUT2D eigenvalue weighted by molar-refractivity contribution is 5.73. The normalized spacial score (nSPS) is 24.5. The van der Waals surface area contributed by atoms with Crippen LogP contribution in [0.4, 0.5) is 5.82 Å². The van der Waals surface area contributed by atoms with Crippen LogP contribution in [0.5, 0.6) is 0 Å². The van der Waals surface area contributed by atoms with Crippen LogP contribution < -0.4 is 5.32 Å². The van der Waals surface area contributed by atoms with Crippen LogP contribution in [0.25, 0.3) is 12.3 Å². The van der Waals surface area contributed by atoms with Gasteiger partial charge in [-0.1, -0.05) is 61.7 Å². The lowest BCUT2D eigenvalue weighted by Gasteiger charge is -2.43. The minimum absolute atomic E-state index is 0.00474. The summed E-state index contributed by atoms with van der Waals surface area (Å²) < 4.78 is 1.94. The predicted molar refractivity (Wildman–Crippen MR) is 122 cm³/mol. The van der Waals surface area contributed by atoms with E-state index < -0.39 is 0 Å². The molecule has 1 atom stereocenters. The number of aldehydes is 1. The van der Waals surface area contributed by atoms with E-state index in [2.05, 4.69) is 47.8 Å². The van der Waals surface area contributed by atoms with E-state index in [-0.39, 0.29) is 5.41 Å². The zero-order valence-electron chi connectivity index (χ0n) is 17.6. The van der Waals surface area contributed by atoms with Gasteiger partial charge in [0.2, 0.25) is 0 Å². The van der Waals surface area contributed by atoms with Crippen molar-refractivity contribution in [2.75, 3.05) is 5.32 Å². The van der Waals surface area contributed by atoms with Gasteiger partial charge in [0.15, 0.2) is 5.82 Å². The number of fused-ring (bicyclic) bond motifs is 1. The van der Waals surface area contributed by atoms with Gasteiger partial charge in [0.25, 0.3) is 0 Å². The van der Waals surface area contributed by atoms with E-state index in [4.69, 9.17) is 5.10 Å². The van der Waals surface area contributed by atoms with Crippen LogP contribution in [0, 0.1) is 5.92 Å². The molecular formula is C26H31N3O. The highest BCUT2D eigenvalue weighted by Gasteiger charge is 2.42. The summed E-state index contributed by atoms with van der Waals surface area (Å²) in [6.07, 6.45) is 20.2. The Balaban J connectivity index is 1.58. The van der Waals surface area contributed by atoms with Crippen molar-refractivity contribution in [3.05, 3.63) is 59.3 Å². The minimum Gasteiger partial charge on any atom is -0.365 e. The highest BCUT2D eigenvalue weighted by Crippen LogP contribution is 2.48. The van der Waals surface area contributed by atoms with Crippen molar-refractivity contribution in [2.45, 2.75) is 69.2 Å². The lowest BCUT2D eigenvalue weighted by Crippen LogP contribution is -2.39. The molecule has 1 heterocycles. The van der Waals surface area contributed by atoms with Crippen LogP contribution in [0.1, 0.15) is 68.2 Å². The minimum atomic E-state index is -0.00474. The molecule has 2 saturated carbocycles. The third-order valence-electron chi connectivity index (χ3n) is 7.45. The molecule has 3 aliphatic carbocycles. The number of nitrogens with zero attached hydrogens (tertiary/aromatic N) is 2. The third-order valence-corrected chi connectivity index (χ3v) is 7.45. The van der Waals surface area contributed by atoms with Crippen molar-refractivity contribution in [1.82, 2.24) is 9.78 Å². The lowest BCUT2D eigenvalue weighted by atomic mass is 9.61. The Bertz CT molecular complexity index is 948. The standard InChI is InChI=1S/C26H31N3O/c30-18-8-17-29-24-19-26(20-9-3-1-4-10-20,21-11-5-2-6-12-21)16-15-23(24)25(28-29)27-22-13-7-14-22/h1,3-4,8-10,15-18,21-22H,2,5-7,11-14,19H2,(H,27,28). The molecule has 0 spiro atoms. The summed E-state index contributed by atoms with van der Waals surface area (Å²) in [7, 11) is 0. The van der Waals surface area contributed by atoms with E-state index in [1.54, 1.807) is 6.08 Å². The average molecular weight is 402 g/mol. The van der Waals surface area contributed by atoms with Crippen molar-refractivity contribution in [3.63, 3.8) is 0 Å². The maximum Gasteiger partial charge on any atom is 0.156 e. The second-order valence-electron chi connectivity index (χ2n) is 9.15. The van der Waals surface area contributed by atoms with E-state index in [0.29, 0.717) is 12.0 Å². The molecule has 0 aliphatic heterocycles. The van der Waals surface area contributed by atoms with Gasteiger partial charge in [0, 0.05) is 29.6 Å². The van der Waals surface area contributed by atoms with Crippen molar-refractivity contribution in [3.8, 4) is 0 Å². The number of anilines is 1. The van der Waals surface area contributed by atoms with Gasteiger partial charge in [-0.3, -0.25) is 4.79 Å². The first-order valence-electron chi connectivity index (χ1n) is 11.5. The van der Waals surface area contributed by atoms with Crippen LogP contribution >= 0.6 is 0 Å². The van der Waals surface area contributed by atoms with Crippen LogP contribution in [0.15, 0.2) is 42.5 Å². The number of hydrogen-bond donors (Lipinski definition) is 1. The number of nitrogens with one attached hydrogen (secondary N) is 1. The zero-order valence-corrected chi connectivity index (χ0v) is 17.6. The molecule has 0 bridgehead atoms. The van der Waals surface area contributed by atoms with Crippen LogP contribution in [0.2, 0.25) is 0 Å². The number of allylic oxidation sites excluding steroid dienone is 2. The molecule has 3 aliphatic rings. The molecule has 2 fully saturated rings. The Morgan fingerprint density at radius 1 is 1.03 bits per heavy atom. The van der Waals surface area contributed by atoms with Gasteiger partial charge < -0.3 is 5.32 Å². The van der Waals surface area contributed by atoms with Crippen molar-refractivity contribution in [1.29, 1.82) is 0 Å². The van der Waals surface area contributed by atoms with Gasteiger partial charge in [0.1, 0.15) is 6.29 Å². The van der Waals surface area contributed by atoms with Crippen LogP contribution in [-0.4, -0.2) is 22.1 Å². The Morgan fingerprint density at radius 2 is 1.83 bits per heavy atom. The van der Waals surface area contributed by atoms with Gasteiger partial charge in [0.05, 0.1) is 5.69 Å². The molecule has 0 radical (unpaired) electrons. The monoisotopic (exact) mass is 401 g/mol. The summed E-state index contributed by atoms with van der Waals surface area (Å²) in [5, 5.41) is 8.51. The quantitative estimate of drug-likeness (QED) is 0.506. The van der Waals surface area contributed by atoms with Gasteiger partial charge in [-0.15, -0.1) is 0 Å². The maximum atomic E-state index is 11.0. The SMILES string of the molecule is O=CC=Cn1nc(NC2CCC2)c2c1CC(c1ccccc1)(C1CCCCC1)C=C2. The molecule has 5 rings (SSSR count). The van der Waals surface area contributed by atoms with Crippen molar-refractivity contribution in [2.24, 2.45) is 5.92 Å². The zero-order chi connectivity index (χ0) is 20.4. The Kier molecular flexibility index (Phi) is 5.32. The predicted octanol–water partition coefficient (Wildman–Crippen LogP) is 5.60. The molecule has 1 aromatic carbocycles. The maximum absolute atomic E-state index is 11.0. The van der Waals surface area contributed by atoms with Gasteiger partial charge in [-0.05, 0) is 49.7 Å². The summed E-state index contributed by atoms with van der Waals surface area (Å²) in [6, 6.07) is 11.5. The number of hydrogen-bond acceptors (Lipinski definition) is 3. The Hall–Kier alpha value is -2.62. The third kappa shape index (κ3) is 3.42. The second-order valence-corrected chi connectivity index (χ2v) is 9.15. The molecule has 30 heavy (non-hydrogen) atoms. The second kappa shape index (κ2) is 8.25. The van der Waals surface area contributed by atoms with E-state index >= 15 is 0 Å². The summed E-state index contributed by atoms with van der Waals surface area (Å²) in [4.78, 5) is 11.0. The van der Waals surface area contributed by atoms with Gasteiger partial charge in [-0.2, -0.15) is 5.10 Å². The van der Waals surface area contributed by atoms with Gasteiger partial charge >= 0.3 is 0 Å². The smallest absolute Gasteiger partial charge is 0.156 e. The molecule has 1 unspecified atom stereocenters. The van der Waals surface area contributed by atoms with E-state index in [1.165, 1.54) is 68.2 Å². The average Bonchev–Trinajstić information content (AvgIpc) is 3.12. The van der Waals surface area contributed by atoms with E-state index in [9.17, 15) is 4.79 Å². The fraction of sp³-hybridized carbons (Fsp3) is 0.462. The first-order chi connectivity index (χ1) is 14.8. The summed E-state index contributed by atoms with van der Waals surface area (Å²) in [5.74, 6) is 1.60. The largest absolute Gasteiger partial charge is 0.365 e. The number of rotatable bonds is 6. The molecule has 2 aromatic rings. The summed E-state index contributed by atoms with van der Waals surface area (Å²) in [5.41, 5.74) is 3.81. The van der Waals surface area contributed by atoms with Crippen molar-refractivity contribution >= 4 is 24.4 Å². The van der Waals surface area contributed by atoms with Crippen molar-refractivity contribution < 1.29 is 4.79 Å². The molecule has 4 nitrogen and oxygen atoms in total. The number of carbonyl (C=O) groups excluding carboxylic acids is 1. The number of benzene rings is 1. The summed E-state index contributed by atoms with van der Waals surface area (Å²) in [6.45, 7) is 0. The molecule has 1 N–H and O–H groups in total. The highest BCUT2D eigenvalue weighted by atomic mass is 16.1. The van der Waals surface area contributed by atoms with Crippen LogP contribution in [0.3, 0.4) is 0 Å². The molecular weight excluding hydrogens is 370 g/mol. The molecule has 156 valence electrons. The number of carbonyl (C=O) groups is 1. The topological polar surface area (TPSA) is 46.9 Å². The van der Waals surface area contributed by atoms with E-state index in [1.807, 2.05) is 10.9 Å². The molecule has 4 heteroatoms. The fourth-order valence-electron chi connectivity index (χ4n) is 5.57. The fourth-order valence-corrected chi connectivity index (χ4v) is 5.57. The Morgan fingerprint density at radius 3 is 2.53 bits per heavy atom. The Labute approximate surface area is 179 Å². The van der Waals surface area contributed by atoms with E-state index in [0.717, 1.165) is 18.5 Å². The van der Waals surface area contributed by atoms with Crippen LogP contribution in [-0.2, 0) is 16.6 Å². The molecule has 0 amide bonds. The summed E-state index contributed by atoms with van der Waals surface area (Å²) >= 11 is 0. The number of aromatic nitrogens is 2.